The van der Waals surface area contributed by atoms with E-state index >= 15 is 0 Å². The lowest BCUT2D eigenvalue weighted by atomic mass is 9.79. The number of imidazole rings is 1. The molecule has 4 heteroatoms. The fraction of sp³-hybridized carbons (Fsp3) is 0.640. The second-order valence-corrected chi connectivity index (χ2v) is 9.85. The van der Waals surface area contributed by atoms with Crippen molar-refractivity contribution >= 4 is 0 Å². The minimum atomic E-state index is -0.644. The number of ether oxygens (including phenoxy) is 2. The third-order valence-corrected chi connectivity index (χ3v) is 6.12. The molecule has 160 valence electrons. The quantitative estimate of drug-likeness (QED) is 0.568. The molecule has 0 N–H and O–H groups in total. The van der Waals surface area contributed by atoms with E-state index in [9.17, 15) is 0 Å². The van der Waals surface area contributed by atoms with Crippen LogP contribution >= 0.6 is 0 Å². The predicted molar refractivity (Wildman–Crippen MR) is 118 cm³/mol. The Balaban J connectivity index is 1.80. The number of aromatic nitrogens is 2. The van der Waals surface area contributed by atoms with Gasteiger partial charge < -0.3 is 14.0 Å². The van der Waals surface area contributed by atoms with Gasteiger partial charge in [0, 0.05) is 24.2 Å². The molecule has 0 radical (unpaired) electrons. The van der Waals surface area contributed by atoms with Crippen molar-refractivity contribution in [3.05, 3.63) is 54.1 Å². The van der Waals surface area contributed by atoms with Gasteiger partial charge in [-0.3, -0.25) is 0 Å². The zero-order valence-corrected chi connectivity index (χ0v) is 18.9. The van der Waals surface area contributed by atoms with Crippen LogP contribution < -0.4 is 0 Å². The Labute approximate surface area is 176 Å². The minimum Gasteiger partial charge on any atom is -0.347 e. The summed E-state index contributed by atoms with van der Waals surface area (Å²) in [6.07, 6.45) is 11.0. The number of hydrogen-bond acceptors (Lipinski definition) is 3. The highest BCUT2D eigenvalue weighted by atomic mass is 16.7. The van der Waals surface area contributed by atoms with Gasteiger partial charge in [-0.2, -0.15) is 0 Å². The second kappa shape index (κ2) is 9.01. The molecule has 1 aliphatic rings. The molecular formula is C25H38N2O2. The lowest BCUT2D eigenvalue weighted by Crippen LogP contribution is -2.53. The van der Waals surface area contributed by atoms with Gasteiger partial charge in [0.15, 0.2) is 5.79 Å². The average molecular weight is 399 g/mol. The molecule has 2 heterocycles. The maximum Gasteiger partial charge on any atom is 0.190 e. The lowest BCUT2D eigenvalue weighted by Gasteiger charge is -2.47. The van der Waals surface area contributed by atoms with Crippen LogP contribution in [0.3, 0.4) is 0 Å². The van der Waals surface area contributed by atoms with E-state index in [4.69, 9.17) is 9.47 Å². The maximum absolute atomic E-state index is 6.59. The molecule has 1 saturated heterocycles. The Hall–Kier alpha value is -1.65. The highest BCUT2D eigenvalue weighted by Gasteiger charge is 2.44. The van der Waals surface area contributed by atoms with Crippen molar-refractivity contribution in [2.45, 2.75) is 84.5 Å². The highest BCUT2D eigenvalue weighted by Crippen LogP contribution is 2.39. The maximum atomic E-state index is 6.59. The van der Waals surface area contributed by atoms with E-state index in [0.717, 1.165) is 45.3 Å². The lowest BCUT2D eigenvalue weighted by molar-refractivity contribution is -0.311. The zero-order valence-electron chi connectivity index (χ0n) is 18.9. The molecule has 1 aliphatic heterocycles. The Bertz CT molecular complexity index is 728. The molecule has 0 spiro atoms. The SMILES string of the molecule is CCCC1(CCC)COC(Cc2ccc(C(C)(C)C)cc2)(Cn2ccnc2)OC1. The van der Waals surface area contributed by atoms with Crippen molar-refractivity contribution < 1.29 is 9.47 Å². The van der Waals surface area contributed by atoms with E-state index in [1.807, 2.05) is 18.7 Å². The summed E-state index contributed by atoms with van der Waals surface area (Å²) >= 11 is 0. The van der Waals surface area contributed by atoms with E-state index in [-0.39, 0.29) is 10.8 Å². The van der Waals surface area contributed by atoms with Crippen LogP contribution in [0, 0.1) is 5.41 Å². The first-order valence-corrected chi connectivity index (χ1v) is 11.1. The average Bonchev–Trinajstić information content (AvgIpc) is 3.17. The van der Waals surface area contributed by atoms with Gasteiger partial charge in [0.2, 0.25) is 0 Å². The van der Waals surface area contributed by atoms with E-state index in [1.165, 1.54) is 11.1 Å². The van der Waals surface area contributed by atoms with Crippen LogP contribution in [-0.2, 0) is 27.9 Å². The summed E-state index contributed by atoms with van der Waals surface area (Å²) in [5.74, 6) is -0.644. The van der Waals surface area contributed by atoms with Crippen LogP contribution in [0.2, 0.25) is 0 Å². The molecule has 0 bridgehead atoms. The highest BCUT2D eigenvalue weighted by molar-refractivity contribution is 5.28. The van der Waals surface area contributed by atoms with Gasteiger partial charge in [0.25, 0.3) is 0 Å². The fourth-order valence-electron chi connectivity index (χ4n) is 4.47. The number of nitrogens with zero attached hydrogens (tertiary/aromatic N) is 2. The number of rotatable bonds is 8. The third kappa shape index (κ3) is 5.49. The monoisotopic (exact) mass is 398 g/mol. The largest absolute Gasteiger partial charge is 0.347 e. The van der Waals surface area contributed by atoms with Gasteiger partial charge in [-0.05, 0) is 29.4 Å². The summed E-state index contributed by atoms with van der Waals surface area (Å²) in [6.45, 7) is 13.4. The number of hydrogen-bond donors (Lipinski definition) is 0. The van der Waals surface area contributed by atoms with Crippen LogP contribution in [0.25, 0.3) is 0 Å². The van der Waals surface area contributed by atoms with Crippen LogP contribution in [0.15, 0.2) is 43.0 Å². The first-order chi connectivity index (χ1) is 13.8. The van der Waals surface area contributed by atoms with Gasteiger partial charge >= 0.3 is 0 Å². The number of benzene rings is 1. The van der Waals surface area contributed by atoms with Gasteiger partial charge in [0.05, 0.1) is 26.1 Å². The summed E-state index contributed by atoms with van der Waals surface area (Å²) in [5, 5.41) is 0. The van der Waals surface area contributed by atoms with Crippen molar-refractivity contribution in [3.63, 3.8) is 0 Å². The van der Waals surface area contributed by atoms with Crippen LogP contribution in [0.4, 0.5) is 0 Å². The molecule has 1 fully saturated rings. The summed E-state index contributed by atoms with van der Waals surface area (Å²) < 4.78 is 15.2. The van der Waals surface area contributed by atoms with E-state index < -0.39 is 5.79 Å². The van der Waals surface area contributed by atoms with Gasteiger partial charge in [0.1, 0.15) is 0 Å². The van der Waals surface area contributed by atoms with Crippen LogP contribution in [0.5, 0.6) is 0 Å². The van der Waals surface area contributed by atoms with E-state index in [1.54, 1.807) is 0 Å². The van der Waals surface area contributed by atoms with Gasteiger partial charge in [-0.25, -0.2) is 4.98 Å². The molecule has 2 aromatic rings. The van der Waals surface area contributed by atoms with Crippen LogP contribution in [0.1, 0.15) is 71.4 Å². The molecule has 1 aromatic carbocycles. The smallest absolute Gasteiger partial charge is 0.190 e. The Kier molecular flexibility index (Phi) is 6.85. The fourth-order valence-corrected chi connectivity index (χ4v) is 4.47. The molecule has 29 heavy (non-hydrogen) atoms. The molecule has 1 aromatic heterocycles. The standard InChI is InChI=1S/C25H38N2O2/c1-6-12-24(13-7-2)18-28-25(29-19-24,17-27-15-14-26-20-27)16-21-8-10-22(11-9-21)23(3,4)5/h8-11,14-15,20H,6-7,12-13,16-19H2,1-5H3. The Morgan fingerprint density at radius 2 is 1.62 bits per heavy atom. The van der Waals surface area contributed by atoms with Crippen LogP contribution in [-0.4, -0.2) is 28.6 Å². The van der Waals surface area contributed by atoms with Crippen molar-refractivity contribution in [2.75, 3.05) is 13.2 Å². The van der Waals surface area contributed by atoms with E-state index in [2.05, 4.69) is 68.4 Å². The second-order valence-electron chi connectivity index (χ2n) is 9.85. The molecule has 3 rings (SSSR count). The molecule has 0 amide bonds. The normalized spacial score (nSPS) is 18.7. The van der Waals surface area contributed by atoms with Crippen molar-refractivity contribution in [1.29, 1.82) is 0 Å². The van der Waals surface area contributed by atoms with E-state index in [0.29, 0.717) is 6.54 Å². The topological polar surface area (TPSA) is 36.3 Å². The zero-order chi connectivity index (χ0) is 21.0. The molecule has 0 saturated carbocycles. The molecule has 4 nitrogen and oxygen atoms in total. The molecular weight excluding hydrogens is 360 g/mol. The molecule has 0 atom stereocenters. The van der Waals surface area contributed by atoms with Crippen molar-refractivity contribution in [3.8, 4) is 0 Å². The summed E-state index contributed by atoms with van der Waals surface area (Å²) in [7, 11) is 0. The first-order valence-electron chi connectivity index (χ1n) is 11.1. The minimum absolute atomic E-state index is 0.151. The molecule has 0 aliphatic carbocycles. The first kappa shape index (κ1) is 22.0. The van der Waals surface area contributed by atoms with Gasteiger partial charge in [-0.1, -0.05) is 71.7 Å². The predicted octanol–water partition coefficient (Wildman–Crippen LogP) is 5.75. The van der Waals surface area contributed by atoms with Gasteiger partial charge in [-0.15, -0.1) is 0 Å². The van der Waals surface area contributed by atoms with Crippen molar-refractivity contribution in [2.24, 2.45) is 5.41 Å². The summed E-state index contributed by atoms with van der Waals surface area (Å²) in [4.78, 5) is 4.20. The van der Waals surface area contributed by atoms with Crippen molar-refractivity contribution in [1.82, 2.24) is 9.55 Å². The molecule has 0 unspecified atom stereocenters. The third-order valence-electron chi connectivity index (χ3n) is 6.12. The Morgan fingerprint density at radius 1 is 1.00 bits per heavy atom. The summed E-state index contributed by atoms with van der Waals surface area (Å²) in [5.41, 5.74) is 2.90. The Morgan fingerprint density at radius 3 is 2.10 bits per heavy atom. The summed E-state index contributed by atoms with van der Waals surface area (Å²) in [6, 6.07) is 8.93.